The van der Waals surface area contributed by atoms with E-state index in [1.54, 1.807) is 25.1 Å². The molecule has 1 rings (SSSR count). The Morgan fingerprint density at radius 1 is 1.16 bits per heavy atom. The molecule has 0 saturated heterocycles. The van der Waals surface area contributed by atoms with Crippen LogP contribution >= 0.6 is 11.6 Å². The smallest absolute Gasteiger partial charge is 0.224 e. The lowest BCUT2D eigenvalue weighted by molar-refractivity contribution is -0.116. The first kappa shape index (κ1) is 15.5. The van der Waals surface area contributed by atoms with Gasteiger partial charge in [0.25, 0.3) is 0 Å². The van der Waals surface area contributed by atoms with Crippen LogP contribution in [0.15, 0.2) is 18.2 Å². The van der Waals surface area contributed by atoms with Crippen molar-refractivity contribution in [3.05, 3.63) is 23.2 Å². The molecule has 0 heterocycles. The molecule has 4 nitrogen and oxygen atoms in total. The molecule has 2 amide bonds. The highest BCUT2D eigenvalue weighted by molar-refractivity contribution is 6.33. The van der Waals surface area contributed by atoms with Crippen molar-refractivity contribution in [2.24, 2.45) is 0 Å². The van der Waals surface area contributed by atoms with Gasteiger partial charge in [-0.05, 0) is 24.6 Å². The normalized spacial score (nSPS) is 10.1. The third-order valence-corrected chi connectivity index (χ3v) is 2.93. The molecule has 0 saturated carbocycles. The van der Waals surface area contributed by atoms with Gasteiger partial charge < -0.3 is 10.6 Å². The first-order chi connectivity index (χ1) is 9.06. The van der Waals surface area contributed by atoms with Crippen molar-refractivity contribution < 1.29 is 9.59 Å². The molecule has 104 valence electrons. The van der Waals surface area contributed by atoms with E-state index in [-0.39, 0.29) is 11.8 Å². The molecule has 0 aliphatic heterocycles. The molecular formula is C14H19ClN2O2. The van der Waals surface area contributed by atoms with E-state index in [1.807, 2.05) is 6.92 Å². The minimum Gasteiger partial charge on any atom is -0.326 e. The summed E-state index contributed by atoms with van der Waals surface area (Å²) in [5.41, 5.74) is 1.15. The summed E-state index contributed by atoms with van der Waals surface area (Å²) in [5, 5.41) is 5.94. The highest BCUT2D eigenvalue weighted by atomic mass is 35.5. The summed E-state index contributed by atoms with van der Waals surface area (Å²) < 4.78 is 0. The Morgan fingerprint density at radius 2 is 1.89 bits per heavy atom. The molecule has 2 N–H and O–H groups in total. The van der Waals surface area contributed by atoms with Crippen molar-refractivity contribution in [3.63, 3.8) is 0 Å². The summed E-state index contributed by atoms with van der Waals surface area (Å²) in [4.78, 5) is 23.0. The molecule has 0 aliphatic carbocycles. The number of halogens is 1. The number of unbranched alkanes of at least 4 members (excludes halogenated alkanes) is 1. The second-order valence-corrected chi connectivity index (χ2v) is 4.66. The number of carbonyl (C=O) groups is 2. The molecule has 5 heteroatoms. The molecule has 0 radical (unpaired) electrons. The summed E-state index contributed by atoms with van der Waals surface area (Å²) in [6, 6.07) is 5.03. The van der Waals surface area contributed by atoms with E-state index in [9.17, 15) is 9.59 Å². The van der Waals surface area contributed by atoms with Gasteiger partial charge >= 0.3 is 0 Å². The molecule has 0 fully saturated rings. The zero-order chi connectivity index (χ0) is 14.3. The van der Waals surface area contributed by atoms with Crippen LogP contribution < -0.4 is 10.6 Å². The Balaban J connectivity index is 2.74. The van der Waals surface area contributed by atoms with Gasteiger partial charge in [-0.25, -0.2) is 0 Å². The number of hydrogen-bond donors (Lipinski definition) is 2. The molecule has 0 aliphatic rings. The van der Waals surface area contributed by atoms with Crippen molar-refractivity contribution in [1.82, 2.24) is 0 Å². The van der Waals surface area contributed by atoms with Crippen LogP contribution in [0.3, 0.4) is 0 Å². The van der Waals surface area contributed by atoms with Crippen molar-refractivity contribution in [2.75, 3.05) is 10.6 Å². The lowest BCUT2D eigenvalue weighted by atomic mass is 10.2. The van der Waals surface area contributed by atoms with Gasteiger partial charge in [-0.1, -0.05) is 31.9 Å². The Labute approximate surface area is 118 Å². The summed E-state index contributed by atoms with van der Waals surface area (Å²) in [5.74, 6) is -0.145. The van der Waals surface area contributed by atoms with Crippen LogP contribution in [0.25, 0.3) is 0 Å². The molecular weight excluding hydrogens is 264 g/mol. The fraction of sp³-hybridized carbons (Fsp3) is 0.429. The molecule has 1 aromatic rings. The standard InChI is InChI=1S/C14H19ClN2O2/c1-3-5-6-14(19)17-12-9-10(7-8-11(12)15)16-13(18)4-2/h7-9H,3-6H2,1-2H3,(H,16,18)(H,17,19). The van der Waals surface area contributed by atoms with E-state index in [4.69, 9.17) is 11.6 Å². The van der Waals surface area contributed by atoms with Crippen molar-refractivity contribution in [2.45, 2.75) is 39.5 Å². The maximum absolute atomic E-state index is 11.7. The maximum atomic E-state index is 11.7. The SMILES string of the molecule is CCCCC(=O)Nc1cc(NC(=O)CC)ccc1Cl. The van der Waals surface area contributed by atoms with Crippen molar-refractivity contribution in [3.8, 4) is 0 Å². The molecule has 0 aromatic heterocycles. The Hall–Kier alpha value is -1.55. The van der Waals surface area contributed by atoms with E-state index in [0.29, 0.717) is 29.2 Å². The van der Waals surface area contributed by atoms with Crippen LogP contribution in [0.5, 0.6) is 0 Å². The van der Waals surface area contributed by atoms with Gasteiger partial charge in [0.05, 0.1) is 10.7 Å². The Morgan fingerprint density at radius 3 is 2.53 bits per heavy atom. The fourth-order valence-electron chi connectivity index (χ4n) is 1.50. The van der Waals surface area contributed by atoms with Crippen molar-refractivity contribution in [1.29, 1.82) is 0 Å². The number of carbonyl (C=O) groups excluding carboxylic acids is 2. The van der Waals surface area contributed by atoms with Crippen LogP contribution in [0.1, 0.15) is 39.5 Å². The second kappa shape index (κ2) is 7.79. The maximum Gasteiger partial charge on any atom is 0.224 e. The minimum absolute atomic E-state index is 0.0669. The van der Waals surface area contributed by atoms with Gasteiger partial charge in [-0.3, -0.25) is 9.59 Å². The predicted molar refractivity (Wildman–Crippen MR) is 78.5 cm³/mol. The van der Waals surface area contributed by atoms with Gasteiger partial charge in [0, 0.05) is 18.5 Å². The van der Waals surface area contributed by atoms with E-state index in [0.717, 1.165) is 12.8 Å². The first-order valence-corrected chi connectivity index (χ1v) is 6.83. The molecule has 0 spiro atoms. The summed E-state index contributed by atoms with van der Waals surface area (Å²) in [7, 11) is 0. The van der Waals surface area contributed by atoms with Gasteiger partial charge in [-0.15, -0.1) is 0 Å². The highest BCUT2D eigenvalue weighted by Crippen LogP contribution is 2.25. The highest BCUT2D eigenvalue weighted by Gasteiger charge is 2.07. The lowest BCUT2D eigenvalue weighted by Crippen LogP contribution is -2.13. The number of anilines is 2. The lowest BCUT2D eigenvalue weighted by Gasteiger charge is -2.10. The van der Waals surface area contributed by atoms with Crippen LogP contribution in [0.4, 0.5) is 11.4 Å². The average Bonchev–Trinajstić information content (AvgIpc) is 2.40. The largest absolute Gasteiger partial charge is 0.326 e. The van der Waals surface area contributed by atoms with Crippen LogP contribution in [0, 0.1) is 0 Å². The summed E-state index contributed by atoms with van der Waals surface area (Å²) in [6.07, 6.45) is 2.68. The topological polar surface area (TPSA) is 58.2 Å². The molecule has 0 unspecified atom stereocenters. The third-order valence-electron chi connectivity index (χ3n) is 2.60. The summed E-state index contributed by atoms with van der Waals surface area (Å²) >= 11 is 6.02. The minimum atomic E-state index is -0.0782. The van der Waals surface area contributed by atoms with Crippen LogP contribution in [-0.2, 0) is 9.59 Å². The molecule has 0 bridgehead atoms. The number of hydrogen-bond acceptors (Lipinski definition) is 2. The van der Waals surface area contributed by atoms with Gasteiger partial charge in [0.2, 0.25) is 11.8 Å². The third kappa shape index (κ3) is 5.30. The zero-order valence-electron chi connectivity index (χ0n) is 11.3. The predicted octanol–water partition coefficient (Wildman–Crippen LogP) is 3.82. The Kier molecular flexibility index (Phi) is 6.36. The van der Waals surface area contributed by atoms with Crippen molar-refractivity contribution >= 4 is 34.8 Å². The number of nitrogens with one attached hydrogen (secondary N) is 2. The van der Waals surface area contributed by atoms with E-state index >= 15 is 0 Å². The molecule has 19 heavy (non-hydrogen) atoms. The van der Waals surface area contributed by atoms with E-state index in [2.05, 4.69) is 10.6 Å². The second-order valence-electron chi connectivity index (χ2n) is 4.25. The first-order valence-electron chi connectivity index (χ1n) is 6.46. The molecule has 1 aromatic carbocycles. The summed E-state index contributed by atoms with van der Waals surface area (Å²) in [6.45, 7) is 3.81. The van der Waals surface area contributed by atoms with E-state index in [1.165, 1.54) is 0 Å². The number of benzene rings is 1. The zero-order valence-corrected chi connectivity index (χ0v) is 12.0. The molecule has 0 atom stereocenters. The quantitative estimate of drug-likeness (QED) is 0.833. The van der Waals surface area contributed by atoms with Gasteiger partial charge in [0.15, 0.2) is 0 Å². The van der Waals surface area contributed by atoms with Crippen LogP contribution in [0.2, 0.25) is 5.02 Å². The fourth-order valence-corrected chi connectivity index (χ4v) is 1.66. The Bertz CT molecular complexity index is 461. The number of amides is 2. The van der Waals surface area contributed by atoms with Crippen LogP contribution in [-0.4, -0.2) is 11.8 Å². The average molecular weight is 283 g/mol. The number of rotatable bonds is 6. The monoisotopic (exact) mass is 282 g/mol. The van der Waals surface area contributed by atoms with Gasteiger partial charge in [-0.2, -0.15) is 0 Å². The van der Waals surface area contributed by atoms with Gasteiger partial charge in [0.1, 0.15) is 0 Å². The van der Waals surface area contributed by atoms with E-state index < -0.39 is 0 Å².